The molecule has 1 amide bonds. The maximum Gasteiger partial charge on any atom is 0.277 e. The Morgan fingerprint density at radius 3 is 2.70 bits per heavy atom. The molecule has 0 saturated heterocycles. The third kappa shape index (κ3) is 5.18. The number of rotatable bonds is 9. The standard InChI is InChI=1S/C25H26N4O3S/c1-32-13-7-12-28-17-26-23-21(18-8-4-3-5-9-18)15-29(24(23)25(28)31)16-22(30)27-19-10-6-11-20(14-19)33-2/h3-6,8-11,14-15,17H,7,12-13,16H2,1-2H3,(H,27,30). The fourth-order valence-corrected chi connectivity index (χ4v) is 4.22. The number of aryl methyl sites for hydroxylation is 1. The van der Waals surface area contributed by atoms with Crippen LogP contribution in [0.15, 0.2) is 76.8 Å². The van der Waals surface area contributed by atoms with Crippen molar-refractivity contribution in [1.29, 1.82) is 0 Å². The lowest BCUT2D eigenvalue weighted by Crippen LogP contribution is -2.25. The van der Waals surface area contributed by atoms with Crippen LogP contribution >= 0.6 is 11.8 Å². The van der Waals surface area contributed by atoms with Crippen LogP contribution in [0.4, 0.5) is 5.69 Å². The molecule has 1 N–H and O–H groups in total. The minimum atomic E-state index is -0.209. The number of hydrogen-bond donors (Lipinski definition) is 1. The molecule has 0 atom stereocenters. The van der Waals surface area contributed by atoms with E-state index >= 15 is 0 Å². The van der Waals surface area contributed by atoms with Crippen LogP contribution in [0.5, 0.6) is 0 Å². The number of nitrogens with one attached hydrogen (secondary N) is 1. The van der Waals surface area contributed by atoms with Crippen molar-refractivity contribution < 1.29 is 9.53 Å². The molecule has 2 heterocycles. The first-order valence-corrected chi connectivity index (χ1v) is 11.9. The van der Waals surface area contributed by atoms with E-state index < -0.39 is 0 Å². The van der Waals surface area contributed by atoms with Crippen LogP contribution in [0.2, 0.25) is 0 Å². The highest BCUT2D eigenvalue weighted by Crippen LogP contribution is 2.27. The summed E-state index contributed by atoms with van der Waals surface area (Å²) in [5.41, 5.74) is 3.33. The van der Waals surface area contributed by atoms with Gasteiger partial charge in [-0.2, -0.15) is 0 Å². The van der Waals surface area contributed by atoms with Crippen molar-refractivity contribution in [3.63, 3.8) is 0 Å². The van der Waals surface area contributed by atoms with Crippen LogP contribution in [-0.4, -0.2) is 40.0 Å². The molecule has 0 spiro atoms. The van der Waals surface area contributed by atoms with Crippen LogP contribution in [0.25, 0.3) is 22.2 Å². The third-order valence-electron chi connectivity index (χ3n) is 5.34. The highest BCUT2D eigenvalue weighted by atomic mass is 32.2. The molecule has 0 bridgehead atoms. The number of nitrogens with zero attached hydrogens (tertiary/aromatic N) is 3. The predicted molar refractivity (Wildman–Crippen MR) is 133 cm³/mol. The Kier molecular flexibility index (Phi) is 7.26. The van der Waals surface area contributed by atoms with E-state index in [-0.39, 0.29) is 18.0 Å². The van der Waals surface area contributed by atoms with Gasteiger partial charge in [0.25, 0.3) is 5.56 Å². The number of amides is 1. The average Bonchev–Trinajstić information content (AvgIpc) is 3.20. The summed E-state index contributed by atoms with van der Waals surface area (Å²) in [5, 5.41) is 2.94. The number of anilines is 1. The molecule has 0 unspecified atom stereocenters. The van der Waals surface area contributed by atoms with Crippen molar-refractivity contribution >= 4 is 34.4 Å². The number of ether oxygens (including phenoxy) is 1. The highest BCUT2D eigenvalue weighted by Gasteiger charge is 2.18. The maximum absolute atomic E-state index is 13.3. The van der Waals surface area contributed by atoms with E-state index in [1.54, 1.807) is 34.3 Å². The van der Waals surface area contributed by atoms with Gasteiger partial charge < -0.3 is 14.6 Å². The number of aromatic nitrogens is 3. The largest absolute Gasteiger partial charge is 0.385 e. The Balaban J connectivity index is 1.71. The van der Waals surface area contributed by atoms with E-state index in [4.69, 9.17) is 4.74 Å². The number of benzene rings is 2. The lowest BCUT2D eigenvalue weighted by Gasteiger charge is -2.09. The SMILES string of the molecule is COCCCn1cnc2c(-c3ccccc3)cn(CC(=O)Nc3cccc(SC)c3)c2c1=O. The molecule has 33 heavy (non-hydrogen) atoms. The van der Waals surface area contributed by atoms with Crippen LogP contribution < -0.4 is 10.9 Å². The van der Waals surface area contributed by atoms with Gasteiger partial charge in [-0.15, -0.1) is 11.8 Å². The van der Waals surface area contributed by atoms with E-state index in [2.05, 4.69) is 10.3 Å². The first kappa shape index (κ1) is 22.8. The summed E-state index contributed by atoms with van der Waals surface area (Å²) in [7, 11) is 1.63. The number of fused-ring (bicyclic) bond motifs is 1. The van der Waals surface area contributed by atoms with Crippen LogP contribution in [0.3, 0.4) is 0 Å². The van der Waals surface area contributed by atoms with Gasteiger partial charge in [-0.1, -0.05) is 36.4 Å². The number of carbonyl (C=O) groups excluding carboxylic acids is 1. The monoisotopic (exact) mass is 462 g/mol. The van der Waals surface area contributed by atoms with Crippen molar-refractivity contribution in [3.05, 3.63) is 77.5 Å². The zero-order valence-corrected chi connectivity index (χ0v) is 19.5. The van der Waals surface area contributed by atoms with E-state index in [9.17, 15) is 9.59 Å². The van der Waals surface area contributed by atoms with Crippen molar-refractivity contribution in [1.82, 2.24) is 14.1 Å². The molecule has 0 aliphatic carbocycles. The third-order valence-corrected chi connectivity index (χ3v) is 6.07. The van der Waals surface area contributed by atoms with Gasteiger partial charge in [-0.3, -0.25) is 14.2 Å². The zero-order chi connectivity index (χ0) is 23.2. The molecule has 2 aromatic carbocycles. The molecule has 0 fully saturated rings. The highest BCUT2D eigenvalue weighted by molar-refractivity contribution is 7.98. The van der Waals surface area contributed by atoms with Gasteiger partial charge in [0.2, 0.25) is 5.91 Å². The summed E-state index contributed by atoms with van der Waals surface area (Å²) in [5.74, 6) is -0.209. The second-order valence-corrected chi connectivity index (χ2v) is 8.48. The van der Waals surface area contributed by atoms with Gasteiger partial charge >= 0.3 is 0 Å². The normalized spacial score (nSPS) is 11.1. The maximum atomic E-state index is 13.3. The molecule has 4 aromatic rings. The van der Waals surface area contributed by atoms with Crippen LogP contribution in [-0.2, 0) is 22.6 Å². The van der Waals surface area contributed by atoms with E-state index in [1.807, 2.05) is 67.0 Å². The van der Waals surface area contributed by atoms with Crippen molar-refractivity contribution in [2.24, 2.45) is 0 Å². The second-order valence-electron chi connectivity index (χ2n) is 7.60. The molecule has 0 radical (unpaired) electrons. The summed E-state index contributed by atoms with van der Waals surface area (Å²) in [6.07, 6.45) is 6.10. The Morgan fingerprint density at radius 2 is 1.94 bits per heavy atom. The predicted octanol–water partition coefficient (Wildman–Crippen LogP) is 4.26. The zero-order valence-electron chi connectivity index (χ0n) is 18.7. The summed E-state index contributed by atoms with van der Waals surface area (Å²) < 4.78 is 8.38. The molecule has 8 heteroatoms. The van der Waals surface area contributed by atoms with Crippen LogP contribution in [0, 0.1) is 0 Å². The number of hydrogen-bond acceptors (Lipinski definition) is 5. The Morgan fingerprint density at radius 1 is 1.12 bits per heavy atom. The molecule has 2 aromatic heterocycles. The van der Waals surface area contributed by atoms with Gasteiger partial charge in [0.05, 0.1) is 6.33 Å². The minimum absolute atomic E-state index is 0.00579. The van der Waals surface area contributed by atoms with E-state index in [0.29, 0.717) is 30.6 Å². The topological polar surface area (TPSA) is 78.2 Å². The first-order valence-electron chi connectivity index (χ1n) is 10.7. The number of methoxy groups -OCH3 is 1. The van der Waals surface area contributed by atoms with Crippen molar-refractivity contribution in [2.45, 2.75) is 24.4 Å². The molecular formula is C25H26N4O3S. The Labute approximate surface area is 196 Å². The smallest absolute Gasteiger partial charge is 0.277 e. The van der Waals surface area contributed by atoms with Gasteiger partial charge in [-0.25, -0.2) is 4.98 Å². The quantitative estimate of drug-likeness (QED) is 0.297. The number of thioether (sulfide) groups is 1. The lowest BCUT2D eigenvalue weighted by molar-refractivity contribution is -0.116. The summed E-state index contributed by atoms with van der Waals surface area (Å²) in [4.78, 5) is 31.9. The van der Waals surface area contributed by atoms with Gasteiger partial charge in [0, 0.05) is 42.6 Å². The van der Waals surface area contributed by atoms with E-state index in [0.717, 1.165) is 21.7 Å². The summed E-state index contributed by atoms with van der Waals surface area (Å²) >= 11 is 1.61. The Hall–Kier alpha value is -3.36. The van der Waals surface area contributed by atoms with Crippen molar-refractivity contribution in [2.75, 3.05) is 25.3 Å². The summed E-state index contributed by atoms with van der Waals surface area (Å²) in [6.45, 7) is 1.05. The average molecular weight is 463 g/mol. The molecule has 0 aliphatic heterocycles. The molecule has 170 valence electrons. The first-order chi connectivity index (χ1) is 16.1. The van der Waals surface area contributed by atoms with Crippen molar-refractivity contribution in [3.8, 4) is 11.1 Å². The Bertz CT molecular complexity index is 1310. The van der Waals surface area contributed by atoms with Crippen LogP contribution in [0.1, 0.15) is 6.42 Å². The minimum Gasteiger partial charge on any atom is -0.385 e. The number of carbonyl (C=O) groups is 1. The van der Waals surface area contributed by atoms with E-state index in [1.165, 1.54) is 0 Å². The van der Waals surface area contributed by atoms with Gasteiger partial charge in [0.15, 0.2) is 0 Å². The molecule has 0 saturated carbocycles. The lowest BCUT2D eigenvalue weighted by atomic mass is 10.1. The van der Waals surface area contributed by atoms with Gasteiger partial charge in [-0.05, 0) is 36.4 Å². The fraction of sp³-hybridized carbons (Fsp3) is 0.240. The molecule has 7 nitrogen and oxygen atoms in total. The summed E-state index contributed by atoms with van der Waals surface area (Å²) in [6, 6.07) is 17.4. The molecule has 0 aliphatic rings. The van der Waals surface area contributed by atoms with Gasteiger partial charge in [0.1, 0.15) is 17.6 Å². The second kappa shape index (κ2) is 10.5. The fourth-order valence-electron chi connectivity index (χ4n) is 3.76. The molecular weight excluding hydrogens is 436 g/mol. The molecule has 4 rings (SSSR count).